The minimum atomic E-state index is 0.551. The molecule has 98 valence electrons. The molecule has 0 amide bonds. The van der Waals surface area contributed by atoms with Gasteiger partial charge in [-0.25, -0.2) is 0 Å². The van der Waals surface area contributed by atoms with Crippen molar-refractivity contribution in [3.8, 4) is 0 Å². The number of rotatable bonds is 3. The highest BCUT2D eigenvalue weighted by atomic mass is 79.9. The quantitative estimate of drug-likeness (QED) is 0.876. The Morgan fingerprint density at radius 3 is 2.78 bits per heavy atom. The van der Waals surface area contributed by atoms with Gasteiger partial charge in [0, 0.05) is 16.9 Å². The van der Waals surface area contributed by atoms with Crippen LogP contribution in [-0.2, 0) is 0 Å². The van der Waals surface area contributed by atoms with Gasteiger partial charge in [-0.05, 0) is 55.2 Å². The molecule has 1 aliphatic carbocycles. The summed E-state index contributed by atoms with van der Waals surface area (Å²) < 4.78 is 1.29. The van der Waals surface area contributed by atoms with Crippen LogP contribution < -0.4 is 5.32 Å². The number of benzene rings is 1. The predicted molar refractivity (Wildman–Crippen MR) is 79.8 cm³/mol. The Hall–Kier alpha value is -0.340. The Morgan fingerprint density at radius 1 is 1.33 bits per heavy atom. The highest BCUT2D eigenvalue weighted by Crippen LogP contribution is 2.58. The zero-order chi connectivity index (χ0) is 12.6. The SMILES string of the molecule is CCC1(C2CC2)CCNCC1c1ccccc1Br. The standard InChI is InChI=1S/C16H22BrN/c1-2-16(12-7-8-12)9-10-18-11-14(16)13-5-3-4-6-15(13)17/h3-6,12,14,18H,2,7-11H2,1H3. The first kappa shape index (κ1) is 12.7. The summed E-state index contributed by atoms with van der Waals surface area (Å²) in [4.78, 5) is 0. The zero-order valence-electron chi connectivity index (χ0n) is 11.1. The summed E-state index contributed by atoms with van der Waals surface area (Å²) >= 11 is 3.75. The third-order valence-corrected chi connectivity index (χ3v) is 5.86. The van der Waals surface area contributed by atoms with E-state index in [1.807, 2.05) is 0 Å². The van der Waals surface area contributed by atoms with Gasteiger partial charge in [0.15, 0.2) is 0 Å². The summed E-state index contributed by atoms with van der Waals surface area (Å²) in [5.41, 5.74) is 2.06. The van der Waals surface area contributed by atoms with Crippen LogP contribution in [0.15, 0.2) is 28.7 Å². The maximum Gasteiger partial charge on any atom is 0.0210 e. The van der Waals surface area contributed by atoms with Gasteiger partial charge < -0.3 is 5.32 Å². The van der Waals surface area contributed by atoms with Crippen LogP contribution >= 0.6 is 15.9 Å². The van der Waals surface area contributed by atoms with Gasteiger partial charge in [0.05, 0.1) is 0 Å². The maximum absolute atomic E-state index is 3.75. The molecule has 0 aromatic heterocycles. The summed E-state index contributed by atoms with van der Waals surface area (Å²) in [5.74, 6) is 1.65. The fourth-order valence-corrected chi connectivity index (χ4v) is 4.54. The Labute approximate surface area is 118 Å². The molecule has 1 saturated heterocycles. The van der Waals surface area contributed by atoms with Gasteiger partial charge in [-0.2, -0.15) is 0 Å². The van der Waals surface area contributed by atoms with Crippen LogP contribution in [0.3, 0.4) is 0 Å². The summed E-state index contributed by atoms with van der Waals surface area (Å²) in [7, 11) is 0. The highest BCUT2D eigenvalue weighted by Gasteiger charge is 2.50. The first-order chi connectivity index (χ1) is 8.78. The van der Waals surface area contributed by atoms with Crippen LogP contribution in [0.5, 0.6) is 0 Å². The molecule has 0 radical (unpaired) electrons. The Bertz CT molecular complexity index is 427. The van der Waals surface area contributed by atoms with E-state index in [0.29, 0.717) is 11.3 Å². The molecule has 2 aliphatic rings. The third-order valence-electron chi connectivity index (χ3n) is 5.14. The van der Waals surface area contributed by atoms with Gasteiger partial charge in [0.1, 0.15) is 0 Å². The molecule has 2 atom stereocenters. The molecule has 1 aliphatic heterocycles. The molecule has 1 aromatic rings. The fourth-order valence-electron chi connectivity index (χ4n) is 3.98. The second kappa shape index (κ2) is 4.97. The monoisotopic (exact) mass is 307 g/mol. The molecular formula is C16H22BrN. The largest absolute Gasteiger partial charge is 0.316 e. The maximum atomic E-state index is 3.75. The number of nitrogens with one attached hydrogen (secondary N) is 1. The second-order valence-electron chi connectivity index (χ2n) is 5.89. The first-order valence-electron chi connectivity index (χ1n) is 7.23. The Morgan fingerprint density at radius 2 is 2.11 bits per heavy atom. The summed E-state index contributed by atoms with van der Waals surface area (Å²) in [6.07, 6.45) is 5.58. The van der Waals surface area contributed by atoms with E-state index >= 15 is 0 Å². The average Bonchev–Trinajstić information content (AvgIpc) is 3.24. The molecule has 18 heavy (non-hydrogen) atoms. The first-order valence-corrected chi connectivity index (χ1v) is 8.02. The number of hydrogen-bond donors (Lipinski definition) is 1. The molecule has 1 heterocycles. The molecule has 1 N–H and O–H groups in total. The molecule has 1 saturated carbocycles. The summed E-state index contributed by atoms with van der Waals surface area (Å²) in [6.45, 7) is 4.74. The Kier molecular flexibility index (Phi) is 3.50. The van der Waals surface area contributed by atoms with E-state index in [1.165, 1.54) is 42.3 Å². The van der Waals surface area contributed by atoms with Crippen LogP contribution in [0.1, 0.15) is 44.1 Å². The van der Waals surface area contributed by atoms with Gasteiger partial charge in [0.2, 0.25) is 0 Å². The van der Waals surface area contributed by atoms with Crippen LogP contribution in [0.25, 0.3) is 0 Å². The minimum Gasteiger partial charge on any atom is -0.316 e. The van der Waals surface area contributed by atoms with Crippen molar-refractivity contribution < 1.29 is 0 Å². The van der Waals surface area contributed by atoms with Crippen molar-refractivity contribution in [1.29, 1.82) is 0 Å². The van der Waals surface area contributed by atoms with Gasteiger partial charge in [0.25, 0.3) is 0 Å². The topological polar surface area (TPSA) is 12.0 Å². The van der Waals surface area contributed by atoms with E-state index < -0.39 is 0 Å². The number of halogens is 1. The molecule has 0 spiro atoms. The van der Waals surface area contributed by atoms with Crippen LogP contribution in [0.2, 0.25) is 0 Å². The van der Waals surface area contributed by atoms with Gasteiger partial charge in [-0.15, -0.1) is 0 Å². The molecular weight excluding hydrogens is 286 g/mol. The van der Waals surface area contributed by atoms with Gasteiger partial charge in [-0.1, -0.05) is 41.1 Å². The van der Waals surface area contributed by atoms with Crippen molar-refractivity contribution in [2.24, 2.45) is 11.3 Å². The number of piperidine rings is 1. The molecule has 1 aromatic carbocycles. The Balaban J connectivity index is 1.99. The molecule has 0 bridgehead atoms. The van der Waals surface area contributed by atoms with E-state index in [4.69, 9.17) is 0 Å². The van der Waals surface area contributed by atoms with Crippen LogP contribution in [0, 0.1) is 11.3 Å². The van der Waals surface area contributed by atoms with Crippen molar-refractivity contribution >= 4 is 15.9 Å². The van der Waals surface area contributed by atoms with E-state index in [2.05, 4.69) is 52.4 Å². The minimum absolute atomic E-state index is 0.551. The molecule has 1 nitrogen and oxygen atoms in total. The van der Waals surface area contributed by atoms with Gasteiger partial charge in [-0.3, -0.25) is 0 Å². The normalized spacial score (nSPS) is 32.4. The smallest absolute Gasteiger partial charge is 0.0210 e. The summed E-state index contributed by atoms with van der Waals surface area (Å²) in [6, 6.07) is 8.81. The lowest BCUT2D eigenvalue weighted by Gasteiger charge is -2.45. The lowest BCUT2D eigenvalue weighted by atomic mass is 9.63. The lowest BCUT2D eigenvalue weighted by molar-refractivity contribution is 0.122. The van der Waals surface area contributed by atoms with Gasteiger partial charge >= 0.3 is 0 Å². The van der Waals surface area contributed by atoms with Crippen molar-refractivity contribution in [3.05, 3.63) is 34.3 Å². The lowest BCUT2D eigenvalue weighted by Crippen LogP contribution is -2.44. The van der Waals surface area contributed by atoms with E-state index in [-0.39, 0.29) is 0 Å². The predicted octanol–water partition coefficient (Wildman–Crippen LogP) is 4.33. The third kappa shape index (κ3) is 2.04. The molecule has 2 unspecified atom stereocenters. The molecule has 2 heteroatoms. The van der Waals surface area contributed by atoms with Crippen LogP contribution in [-0.4, -0.2) is 13.1 Å². The molecule has 3 rings (SSSR count). The van der Waals surface area contributed by atoms with Crippen molar-refractivity contribution in [3.63, 3.8) is 0 Å². The summed E-state index contributed by atoms with van der Waals surface area (Å²) in [5, 5.41) is 3.61. The second-order valence-corrected chi connectivity index (χ2v) is 6.74. The average molecular weight is 308 g/mol. The highest BCUT2D eigenvalue weighted by molar-refractivity contribution is 9.10. The van der Waals surface area contributed by atoms with E-state index in [0.717, 1.165) is 12.5 Å². The van der Waals surface area contributed by atoms with E-state index in [1.54, 1.807) is 0 Å². The fraction of sp³-hybridized carbons (Fsp3) is 0.625. The van der Waals surface area contributed by atoms with E-state index in [9.17, 15) is 0 Å². The van der Waals surface area contributed by atoms with Crippen LogP contribution in [0.4, 0.5) is 0 Å². The molecule has 2 fully saturated rings. The van der Waals surface area contributed by atoms with Crippen molar-refractivity contribution in [2.45, 2.75) is 38.5 Å². The zero-order valence-corrected chi connectivity index (χ0v) is 12.7. The van der Waals surface area contributed by atoms with Crippen molar-refractivity contribution in [2.75, 3.05) is 13.1 Å². The number of hydrogen-bond acceptors (Lipinski definition) is 1. The van der Waals surface area contributed by atoms with Crippen molar-refractivity contribution in [1.82, 2.24) is 5.32 Å².